The Balaban J connectivity index is 1.28. The van der Waals surface area contributed by atoms with E-state index in [9.17, 15) is 9.59 Å². The fraction of sp³-hybridized carbons (Fsp3) is 0.375. The number of benzene rings is 3. The van der Waals surface area contributed by atoms with E-state index in [1.165, 1.54) is 11.8 Å². The van der Waals surface area contributed by atoms with Gasteiger partial charge in [-0.2, -0.15) is 5.10 Å². The average molecular weight is 712 g/mol. The summed E-state index contributed by atoms with van der Waals surface area (Å²) in [6, 6.07) is 21.2. The van der Waals surface area contributed by atoms with Crippen LogP contribution in [0.25, 0.3) is 16.6 Å². The molecule has 1 saturated heterocycles. The number of rotatable bonds is 11. The molecule has 0 bridgehead atoms. The Kier molecular flexibility index (Phi) is 10.3. The lowest BCUT2D eigenvalue weighted by Crippen LogP contribution is -2.40. The molecule has 1 aliphatic heterocycles. The fourth-order valence-corrected chi connectivity index (χ4v) is 6.72. The van der Waals surface area contributed by atoms with Crippen molar-refractivity contribution >= 4 is 38.4 Å². The minimum absolute atomic E-state index is 0.00537. The number of hydrogen-bond donors (Lipinski definition) is 1. The molecule has 2 N–H and O–H groups in total. The Morgan fingerprint density at radius 2 is 1.71 bits per heavy atom. The molecule has 11 heteroatoms. The Bertz CT molecular complexity index is 2060. The summed E-state index contributed by atoms with van der Waals surface area (Å²) in [7, 11) is -0.750. The number of carbonyl (C=O) groups is 2. The summed E-state index contributed by atoms with van der Waals surface area (Å²) < 4.78 is 21.2. The van der Waals surface area contributed by atoms with Gasteiger partial charge in [0, 0.05) is 29.8 Å². The van der Waals surface area contributed by atoms with Crippen LogP contribution in [0.15, 0.2) is 72.9 Å². The highest BCUT2D eigenvalue weighted by atomic mass is 32.3. The van der Waals surface area contributed by atoms with Gasteiger partial charge >= 0.3 is 0 Å². The Hall–Kier alpha value is -4.58. The molecule has 0 aliphatic carbocycles. The number of nitrogens with two attached hydrogens (primary N) is 1. The summed E-state index contributed by atoms with van der Waals surface area (Å²) in [5, 5.41) is 5.32. The molecular weight excluding hydrogens is 663 g/mol. The predicted octanol–water partition coefficient (Wildman–Crippen LogP) is 7.18. The van der Waals surface area contributed by atoms with Gasteiger partial charge in [0.1, 0.15) is 24.0 Å². The number of ether oxygens (including phenoxy) is 3. The number of carbonyl (C=O) groups excluding carboxylic acids is 2. The van der Waals surface area contributed by atoms with Crippen LogP contribution in [0.5, 0.6) is 11.5 Å². The van der Waals surface area contributed by atoms with E-state index < -0.39 is 10.0 Å². The van der Waals surface area contributed by atoms with Crippen LogP contribution < -0.4 is 10.5 Å². The van der Waals surface area contributed by atoms with E-state index in [2.05, 4.69) is 56.8 Å². The zero-order valence-electron chi connectivity index (χ0n) is 30.7. The van der Waals surface area contributed by atoms with Gasteiger partial charge in [-0.25, -0.2) is 14.7 Å². The summed E-state index contributed by atoms with van der Waals surface area (Å²) in [4.78, 5) is 29.4. The summed E-state index contributed by atoms with van der Waals surface area (Å²) in [6.07, 6.45) is 8.26. The van der Waals surface area contributed by atoms with Crippen LogP contribution in [0.2, 0.25) is 0 Å². The van der Waals surface area contributed by atoms with Gasteiger partial charge in [0.2, 0.25) is 5.78 Å². The maximum absolute atomic E-state index is 14.3. The molecule has 0 unspecified atom stereocenters. The molecule has 0 saturated carbocycles. The third-order valence-electron chi connectivity index (χ3n) is 9.12. The smallest absolute Gasteiger partial charge is 0.254 e. The summed E-state index contributed by atoms with van der Waals surface area (Å²) in [5.41, 5.74) is 11.5. The number of nitrogen functional groups attached to an aromatic ring is 1. The lowest BCUT2D eigenvalue weighted by molar-refractivity contribution is 0.0303. The van der Waals surface area contributed by atoms with Crippen LogP contribution in [-0.2, 0) is 21.6 Å². The first-order chi connectivity index (χ1) is 24.2. The predicted molar refractivity (Wildman–Crippen MR) is 206 cm³/mol. The van der Waals surface area contributed by atoms with E-state index in [-0.39, 0.29) is 35.2 Å². The van der Waals surface area contributed by atoms with Gasteiger partial charge in [-0.3, -0.25) is 9.59 Å². The molecule has 6 rings (SSSR count). The van der Waals surface area contributed by atoms with E-state index in [1.54, 1.807) is 9.58 Å². The molecule has 0 atom stereocenters. The highest BCUT2D eigenvalue weighted by Crippen LogP contribution is 2.34. The number of anilines is 1. The lowest BCUT2D eigenvalue weighted by atomic mass is 9.87. The highest BCUT2D eigenvalue weighted by Gasteiger charge is 2.25. The largest absolute Gasteiger partial charge is 0.457 e. The maximum atomic E-state index is 14.3. The van der Waals surface area contributed by atoms with E-state index in [0.717, 1.165) is 33.7 Å². The summed E-state index contributed by atoms with van der Waals surface area (Å²) >= 11 is 0. The van der Waals surface area contributed by atoms with Crippen LogP contribution in [-0.4, -0.2) is 88.4 Å². The van der Waals surface area contributed by atoms with Gasteiger partial charge in [0.25, 0.3) is 5.91 Å². The summed E-state index contributed by atoms with van der Waals surface area (Å²) in [6.45, 7) is 11.4. The van der Waals surface area contributed by atoms with Crippen LogP contribution in [0.4, 0.5) is 5.82 Å². The number of nitrogens with zero attached hydrogens (tertiary/aromatic N) is 4. The van der Waals surface area contributed by atoms with Crippen molar-refractivity contribution in [3.8, 4) is 17.2 Å². The first kappa shape index (κ1) is 36.2. The first-order valence-corrected chi connectivity index (χ1v) is 20.2. The average Bonchev–Trinajstić information content (AvgIpc) is 3.65. The zero-order valence-corrected chi connectivity index (χ0v) is 31.5. The third kappa shape index (κ3) is 8.16. The number of fused-ring (bicyclic) bond motifs is 1. The molecule has 51 heavy (non-hydrogen) atoms. The summed E-state index contributed by atoms with van der Waals surface area (Å²) in [5.74, 6) is 2.29. The van der Waals surface area contributed by atoms with E-state index in [1.807, 2.05) is 66.1 Å². The minimum Gasteiger partial charge on any atom is -0.457 e. The number of aryl methyl sites for hydroxylation is 1. The molecular formula is C40H49N5O5S. The topological polar surface area (TPSA) is 114 Å². The van der Waals surface area contributed by atoms with Crippen molar-refractivity contribution in [2.45, 2.75) is 39.8 Å². The second-order valence-electron chi connectivity index (χ2n) is 15.0. The van der Waals surface area contributed by atoms with Gasteiger partial charge in [-0.1, -0.05) is 32.9 Å². The van der Waals surface area contributed by atoms with Crippen LogP contribution in [0.1, 0.15) is 58.3 Å². The van der Waals surface area contributed by atoms with E-state index >= 15 is 0 Å². The van der Waals surface area contributed by atoms with Gasteiger partial charge in [0.15, 0.2) is 0 Å². The Labute approximate surface area is 301 Å². The van der Waals surface area contributed by atoms with Crippen molar-refractivity contribution in [2.24, 2.45) is 0 Å². The third-order valence-corrected chi connectivity index (χ3v) is 10.5. The molecule has 270 valence electrons. The molecule has 3 aromatic carbocycles. The van der Waals surface area contributed by atoms with Crippen molar-refractivity contribution in [3.05, 3.63) is 101 Å². The number of hydrogen-bond acceptors (Lipinski definition) is 7. The van der Waals surface area contributed by atoms with Crippen molar-refractivity contribution in [2.75, 3.05) is 63.2 Å². The zero-order chi connectivity index (χ0) is 36.5. The van der Waals surface area contributed by atoms with Crippen molar-refractivity contribution in [1.29, 1.82) is 0 Å². The molecule has 3 heterocycles. The Morgan fingerprint density at radius 1 is 0.961 bits per heavy atom. The second-order valence-corrected chi connectivity index (χ2v) is 19.6. The SMILES string of the molecule is Cc1cc(Oc2cccc(C(C)(C)C)c2)ccc1-n1ncc(C(=O)c2cc3cc(C(=O)N4CCOCC4)ccc3n2COCCS(C)(C)C)c1N. The van der Waals surface area contributed by atoms with Crippen molar-refractivity contribution in [1.82, 2.24) is 19.2 Å². The van der Waals surface area contributed by atoms with Crippen LogP contribution in [0.3, 0.4) is 0 Å². The molecule has 1 fully saturated rings. The first-order valence-electron chi connectivity index (χ1n) is 17.2. The molecule has 10 nitrogen and oxygen atoms in total. The van der Waals surface area contributed by atoms with Crippen molar-refractivity contribution < 1.29 is 23.8 Å². The quantitative estimate of drug-likeness (QED) is 0.114. The number of ketones is 1. The monoisotopic (exact) mass is 711 g/mol. The standard InChI is InChI=1S/C40H49N5O5S/c1-27-21-32(50-31-10-8-9-30(24-31)40(2,3)4)12-14-34(27)45-38(41)33(25-42-45)37(46)36-23-29-22-28(39(47)43-15-17-48-18-16-43)11-13-35(29)44(36)26-49-19-20-51(5,6)7/h8-14,21-25H,15-20,26,41H2,1-7H3. The highest BCUT2D eigenvalue weighted by molar-refractivity contribution is 8.32. The molecule has 1 aliphatic rings. The number of aromatic nitrogens is 3. The van der Waals surface area contributed by atoms with Gasteiger partial charge in [-0.15, -0.1) is 0 Å². The molecule has 0 radical (unpaired) electrons. The maximum Gasteiger partial charge on any atom is 0.254 e. The number of amides is 1. The normalized spacial score (nSPS) is 14.2. The van der Waals surface area contributed by atoms with Crippen molar-refractivity contribution in [3.63, 3.8) is 0 Å². The lowest BCUT2D eigenvalue weighted by Gasteiger charge is -2.26. The van der Waals surface area contributed by atoms with Gasteiger partial charge in [-0.05, 0) is 96.8 Å². The van der Waals surface area contributed by atoms with Crippen LogP contribution >= 0.6 is 10.0 Å². The van der Waals surface area contributed by atoms with E-state index in [4.69, 9.17) is 19.9 Å². The Morgan fingerprint density at radius 3 is 2.41 bits per heavy atom. The fourth-order valence-electron chi connectivity index (χ4n) is 6.10. The molecule has 0 spiro atoms. The van der Waals surface area contributed by atoms with Gasteiger partial charge in [0.05, 0.1) is 48.5 Å². The van der Waals surface area contributed by atoms with Crippen LogP contribution in [0, 0.1) is 6.92 Å². The minimum atomic E-state index is -0.750. The second kappa shape index (κ2) is 14.6. The number of morpholine rings is 1. The van der Waals surface area contributed by atoms with E-state index in [0.29, 0.717) is 49.9 Å². The molecule has 2 aromatic heterocycles. The van der Waals surface area contributed by atoms with Gasteiger partial charge < -0.3 is 29.4 Å². The molecule has 1 amide bonds. The molecule has 5 aromatic rings.